The SMILES string of the molecule is CCCOc1cc2c(cc1OCC)Cc1c(Nc3cccc(OCC)c3)nn(C)c1-2. The molecule has 0 radical (unpaired) electrons. The fraction of sp³-hybridized carbons (Fsp3) is 0.375. The summed E-state index contributed by atoms with van der Waals surface area (Å²) < 4.78 is 19.4. The molecule has 158 valence electrons. The van der Waals surface area contributed by atoms with Crippen molar-refractivity contribution in [3.05, 3.63) is 47.5 Å². The van der Waals surface area contributed by atoms with Crippen molar-refractivity contribution in [1.29, 1.82) is 0 Å². The van der Waals surface area contributed by atoms with Gasteiger partial charge in [0.2, 0.25) is 0 Å². The van der Waals surface area contributed by atoms with E-state index in [1.165, 1.54) is 11.1 Å². The first-order valence-electron chi connectivity index (χ1n) is 10.6. The van der Waals surface area contributed by atoms with E-state index < -0.39 is 0 Å². The maximum absolute atomic E-state index is 5.97. The summed E-state index contributed by atoms with van der Waals surface area (Å²) in [4.78, 5) is 0. The summed E-state index contributed by atoms with van der Waals surface area (Å²) in [5.41, 5.74) is 5.66. The third kappa shape index (κ3) is 3.82. The fourth-order valence-corrected chi connectivity index (χ4v) is 3.89. The van der Waals surface area contributed by atoms with Crippen LogP contribution >= 0.6 is 0 Å². The van der Waals surface area contributed by atoms with Crippen LogP contribution in [0.25, 0.3) is 11.3 Å². The number of hydrogen-bond donors (Lipinski definition) is 1. The van der Waals surface area contributed by atoms with Crippen LogP contribution in [0.1, 0.15) is 38.3 Å². The average Bonchev–Trinajstić information content (AvgIpc) is 3.24. The summed E-state index contributed by atoms with van der Waals surface area (Å²) >= 11 is 0. The average molecular weight is 408 g/mol. The fourth-order valence-electron chi connectivity index (χ4n) is 3.89. The number of nitrogens with one attached hydrogen (secondary N) is 1. The summed E-state index contributed by atoms with van der Waals surface area (Å²) in [5, 5.41) is 8.22. The second-order valence-electron chi connectivity index (χ2n) is 7.30. The standard InChI is InChI=1S/C24H29N3O3/c1-5-11-30-22-15-19-16(13-21(22)29-7-3)12-20-23(19)27(4)26-24(20)25-17-9-8-10-18(14-17)28-6-2/h8-10,13-15H,5-7,11-12H2,1-4H3,(H,25,26). The van der Waals surface area contributed by atoms with E-state index in [0.717, 1.165) is 52.9 Å². The summed E-state index contributed by atoms with van der Waals surface area (Å²) in [6.07, 6.45) is 1.76. The van der Waals surface area contributed by atoms with Crippen LogP contribution in [0.3, 0.4) is 0 Å². The van der Waals surface area contributed by atoms with Crippen LogP contribution in [0.2, 0.25) is 0 Å². The molecule has 0 saturated carbocycles. The molecule has 30 heavy (non-hydrogen) atoms. The predicted octanol–water partition coefficient (Wildman–Crippen LogP) is 5.32. The molecule has 0 amide bonds. The van der Waals surface area contributed by atoms with E-state index in [9.17, 15) is 0 Å². The van der Waals surface area contributed by atoms with Crippen molar-refractivity contribution in [1.82, 2.24) is 9.78 Å². The van der Waals surface area contributed by atoms with Gasteiger partial charge in [0.25, 0.3) is 0 Å². The smallest absolute Gasteiger partial charge is 0.161 e. The number of anilines is 2. The zero-order valence-electron chi connectivity index (χ0n) is 18.1. The van der Waals surface area contributed by atoms with Crippen molar-refractivity contribution in [3.8, 4) is 28.5 Å². The number of rotatable bonds is 9. The van der Waals surface area contributed by atoms with Crippen molar-refractivity contribution in [2.75, 3.05) is 25.1 Å². The number of ether oxygens (including phenoxy) is 3. The molecule has 0 bridgehead atoms. The minimum absolute atomic E-state index is 0.610. The zero-order valence-corrected chi connectivity index (χ0v) is 18.1. The first-order valence-corrected chi connectivity index (χ1v) is 10.6. The van der Waals surface area contributed by atoms with E-state index in [4.69, 9.17) is 19.3 Å². The number of aryl methyl sites for hydroxylation is 1. The van der Waals surface area contributed by atoms with Gasteiger partial charge in [-0.05, 0) is 50.1 Å². The van der Waals surface area contributed by atoms with Crippen LogP contribution in [0.4, 0.5) is 11.5 Å². The Labute approximate surface area is 177 Å². The van der Waals surface area contributed by atoms with Crippen LogP contribution < -0.4 is 19.5 Å². The molecular weight excluding hydrogens is 378 g/mol. The first-order chi connectivity index (χ1) is 14.6. The van der Waals surface area contributed by atoms with Gasteiger partial charge in [-0.2, -0.15) is 5.10 Å². The molecule has 6 heteroatoms. The van der Waals surface area contributed by atoms with Gasteiger partial charge >= 0.3 is 0 Å². The van der Waals surface area contributed by atoms with Crippen molar-refractivity contribution >= 4 is 11.5 Å². The lowest BCUT2D eigenvalue weighted by molar-refractivity contribution is 0.277. The number of fused-ring (bicyclic) bond motifs is 3. The van der Waals surface area contributed by atoms with Crippen molar-refractivity contribution in [2.45, 2.75) is 33.6 Å². The van der Waals surface area contributed by atoms with Gasteiger partial charge in [-0.1, -0.05) is 13.0 Å². The Hall–Kier alpha value is -3.15. The van der Waals surface area contributed by atoms with Gasteiger partial charge in [0, 0.05) is 36.3 Å². The number of hydrogen-bond acceptors (Lipinski definition) is 5. The van der Waals surface area contributed by atoms with Crippen LogP contribution in [0, 0.1) is 0 Å². The second-order valence-corrected chi connectivity index (χ2v) is 7.30. The first kappa shape index (κ1) is 20.1. The minimum Gasteiger partial charge on any atom is -0.494 e. The molecule has 0 spiro atoms. The van der Waals surface area contributed by atoms with Gasteiger partial charge in [0.05, 0.1) is 25.5 Å². The lowest BCUT2D eigenvalue weighted by Gasteiger charge is -2.14. The Morgan fingerprint density at radius 1 is 1.00 bits per heavy atom. The lowest BCUT2D eigenvalue weighted by Crippen LogP contribution is -2.02. The van der Waals surface area contributed by atoms with E-state index in [1.807, 2.05) is 49.8 Å². The zero-order chi connectivity index (χ0) is 21.1. The molecule has 0 unspecified atom stereocenters. The molecule has 0 atom stereocenters. The van der Waals surface area contributed by atoms with E-state index in [1.54, 1.807) is 0 Å². The largest absolute Gasteiger partial charge is 0.494 e. The topological polar surface area (TPSA) is 57.5 Å². The van der Waals surface area contributed by atoms with Crippen molar-refractivity contribution in [3.63, 3.8) is 0 Å². The van der Waals surface area contributed by atoms with Crippen LogP contribution in [-0.2, 0) is 13.5 Å². The van der Waals surface area contributed by atoms with Gasteiger partial charge < -0.3 is 19.5 Å². The minimum atomic E-state index is 0.610. The van der Waals surface area contributed by atoms with Crippen LogP contribution in [0.5, 0.6) is 17.2 Å². The van der Waals surface area contributed by atoms with Crippen LogP contribution in [-0.4, -0.2) is 29.6 Å². The summed E-state index contributed by atoms with van der Waals surface area (Å²) in [6.45, 7) is 8.00. The highest BCUT2D eigenvalue weighted by atomic mass is 16.5. The molecule has 1 aromatic heterocycles. The van der Waals surface area contributed by atoms with Gasteiger partial charge in [-0.15, -0.1) is 0 Å². The highest BCUT2D eigenvalue weighted by molar-refractivity contribution is 5.82. The quantitative estimate of drug-likeness (QED) is 0.407. The molecule has 1 aliphatic rings. The molecule has 0 saturated heterocycles. The lowest BCUT2D eigenvalue weighted by atomic mass is 10.1. The molecule has 3 aromatic rings. The van der Waals surface area contributed by atoms with Gasteiger partial charge in [0.15, 0.2) is 17.3 Å². The second kappa shape index (κ2) is 8.69. The van der Waals surface area contributed by atoms with Crippen molar-refractivity contribution < 1.29 is 14.2 Å². The van der Waals surface area contributed by atoms with E-state index >= 15 is 0 Å². The van der Waals surface area contributed by atoms with Gasteiger partial charge in [0.1, 0.15) is 5.75 Å². The molecule has 2 aromatic carbocycles. The molecule has 1 heterocycles. The van der Waals surface area contributed by atoms with Gasteiger partial charge in [-0.3, -0.25) is 4.68 Å². The van der Waals surface area contributed by atoms with E-state index in [-0.39, 0.29) is 0 Å². The predicted molar refractivity (Wildman–Crippen MR) is 119 cm³/mol. The Balaban J connectivity index is 1.68. The molecule has 0 fully saturated rings. The van der Waals surface area contributed by atoms with Gasteiger partial charge in [-0.25, -0.2) is 0 Å². The third-order valence-electron chi connectivity index (χ3n) is 5.11. The molecule has 1 N–H and O–H groups in total. The highest BCUT2D eigenvalue weighted by Gasteiger charge is 2.29. The molecule has 6 nitrogen and oxygen atoms in total. The molecular formula is C24H29N3O3. The maximum Gasteiger partial charge on any atom is 0.161 e. The third-order valence-corrected chi connectivity index (χ3v) is 5.11. The number of aromatic nitrogens is 2. The van der Waals surface area contributed by atoms with Crippen LogP contribution in [0.15, 0.2) is 36.4 Å². The number of nitrogens with zero attached hydrogens (tertiary/aromatic N) is 2. The normalized spacial score (nSPS) is 11.7. The number of benzene rings is 2. The summed E-state index contributed by atoms with van der Waals surface area (Å²) in [6, 6.07) is 12.2. The molecule has 0 aliphatic heterocycles. The Morgan fingerprint density at radius 2 is 1.80 bits per heavy atom. The highest BCUT2D eigenvalue weighted by Crippen LogP contribution is 2.45. The monoisotopic (exact) mass is 407 g/mol. The van der Waals surface area contributed by atoms with E-state index in [0.29, 0.717) is 19.8 Å². The Kier molecular flexibility index (Phi) is 5.84. The maximum atomic E-state index is 5.97. The van der Waals surface area contributed by atoms with E-state index in [2.05, 4.69) is 24.4 Å². The summed E-state index contributed by atoms with van der Waals surface area (Å²) in [5.74, 6) is 3.32. The van der Waals surface area contributed by atoms with Crippen molar-refractivity contribution in [2.24, 2.45) is 7.05 Å². The Morgan fingerprint density at radius 3 is 2.57 bits per heavy atom. The summed E-state index contributed by atoms with van der Waals surface area (Å²) in [7, 11) is 1.98. The molecule has 4 rings (SSSR count). The Bertz CT molecular complexity index is 1040. The molecule has 1 aliphatic carbocycles.